The number of hydrogen-bond donors (Lipinski definition) is 1. The van der Waals surface area contributed by atoms with Crippen LogP contribution in [0.15, 0.2) is 35.6 Å². The third-order valence-corrected chi connectivity index (χ3v) is 4.54. The molecule has 0 amide bonds. The monoisotopic (exact) mass is 353 g/mol. The lowest BCUT2D eigenvalue weighted by Crippen LogP contribution is -2.59. The molecule has 3 rings (SSSR count). The average molecular weight is 353 g/mol. The van der Waals surface area contributed by atoms with Gasteiger partial charge in [-0.15, -0.1) is 0 Å². The Morgan fingerprint density at radius 3 is 2.24 bits per heavy atom. The SMILES string of the molecule is Cc1ccc(NC2(C(F)(F)F)C(=O)OC3=C2C(=O)CC(C)(C)C3)cc1. The Labute approximate surface area is 143 Å². The minimum absolute atomic E-state index is 0.0735. The van der Waals surface area contributed by atoms with E-state index in [1.54, 1.807) is 32.9 Å². The number of carbonyl (C=O) groups is 2. The Hall–Kier alpha value is -2.31. The molecule has 0 fully saturated rings. The number of anilines is 1. The molecule has 1 N–H and O–H groups in total. The van der Waals surface area contributed by atoms with Crippen LogP contribution in [0.2, 0.25) is 0 Å². The number of allylic oxidation sites excluding steroid dienone is 1. The van der Waals surface area contributed by atoms with Gasteiger partial charge in [-0.05, 0) is 24.5 Å². The van der Waals surface area contributed by atoms with Gasteiger partial charge in [-0.25, -0.2) is 4.79 Å². The summed E-state index contributed by atoms with van der Waals surface area (Å²) in [4.78, 5) is 24.9. The fourth-order valence-corrected chi connectivity index (χ4v) is 3.36. The molecule has 0 bridgehead atoms. The van der Waals surface area contributed by atoms with Gasteiger partial charge in [0.2, 0.25) is 0 Å². The van der Waals surface area contributed by atoms with E-state index >= 15 is 0 Å². The third kappa shape index (κ3) is 2.71. The van der Waals surface area contributed by atoms with Gasteiger partial charge < -0.3 is 10.1 Å². The maximum atomic E-state index is 14.0. The minimum atomic E-state index is -5.02. The molecule has 1 aromatic carbocycles. The molecule has 0 saturated heterocycles. The van der Waals surface area contributed by atoms with Crippen LogP contribution >= 0.6 is 0 Å². The van der Waals surface area contributed by atoms with E-state index in [-0.39, 0.29) is 24.3 Å². The van der Waals surface area contributed by atoms with E-state index in [1.807, 2.05) is 0 Å². The smallest absolute Gasteiger partial charge is 0.427 e. The molecule has 2 aliphatic rings. The molecule has 4 nitrogen and oxygen atoms in total. The number of aryl methyl sites for hydroxylation is 1. The fraction of sp³-hybridized carbons (Fsp3) is 0.444. The molecule has 0 saturated carbocycles. The standard InChI is InChI=1S/C18H18F3NO3/c1-10-4-6-11(7-5-10)22-17(18(19,20)21)14-12(23)8-16(2,3)9-13(14)25-15(17)24/h4-7,22H,8-9H2,1-3H3. The lowest BCUT2D eigenvalue weighted by atomic mass is 9.72. The molecule has 7 heteroatoms. The van der Waals surface area contributed by atoms with Crippen molar-refractivity contribution in [2.45, 2.75) is 45.3 Å². The van der Waals surface area contributed by atoms with Crippen molar-refractivity contribution in [3.8, 4) is 0 Å². The Morgan fingerprint density at radius 2 is 1.68 bits per heavy atom. The van der Waals surface area contributed by atoms with Gasteiger partial charge in [0, 0.05) is 18.5 Å². The van der Waals surface area contributed by atoms with Gasteiger partial charge in [0.15, 0.2) is 5.78 Å². The summed E-state index contributed by atoms with van der Waals surface area (Å²) in [6, 6.07) is 6.11. The number of halogens is 3. The average Bonchev–Trinajstić information content (AvgIpc) is 2.72. The molecule has 0 aromatic heterocycles. The number of hydrogen-bond acceptors (Lipinski definition) is 4. The Kier molecular flexibility index (Phi) is 3.74. The Bertz CT molecular complexity index is 778. The van der Waals surface area contributed by atoms with E-state index in [0.29, 0.717) is 0 Å². The maximum Gasteiger partial charge on any atom is 0.427 e. The van der Waals surface area contributed by atoms with Crippen molar-refractivity contribution in [2.75, 3.05) is 5.32 Å². The summed E-state index contributed by atoms with van der Waals surface area (Å²) in [6.07, 6.45) is -4.99. The zero-order valence-electron chi connectivity index (χ0n) is 14.1. The molecule has 1 heterocycles. The summed E-state index contributed by atoms with van der Waals surface area (Å²) >= 11 is 0. The highest BCUT2D eigenvalue weighted by Crippen LogP contribution is 2.51. The second kappa shape index (κ2) is 5.34. The van der Waals surface area contributed by atoms with Crippen LogP contribution in [-0.2, 0) is 14.3 Å². The molecule has 25 heavy (non-hydrogen) atoms. The van der Waals surface area contributed by atoms with Crippen molar-refractivity contribution in [2.24, 2.45) is 5.41 Å². The quantitative estimate of drug-likeness (QED) is 0.819. The highest BCUT2D eigenvalue weighted by atomic mass is 19.4. The molecule has 1 unspecified atom stereocenters. The van der Waals surface area contributed by atoms with Crippen molar-refractivity contribution in [1.82, 2.24) is 0 Å². The summed E-state index contributed by atoms with van der Waals surface area (Å²) in [6.45, 7) is 5.30. The minimum Gasteiger partial charge on any atom is -0.428 e. The largest absolute Gasteiger partial charge is 0.428 e. The molecule has 1 atom stereocenters. The number of alkyl halides is 3. The van der Waals surface area contributed by atoms with Crippen LogP contribution < -0.4 is 5.32 Å². The van der Waals surface area contributed by atoms with Gasteiger partial charge in [-0.2, -0.15) is 13.2 Å². The van der Waals surface area contributed by atoms with Crippen LogP contribution in [0, 0.1) is 12.3 Å². The number of nitrogens with one attached hydrogen (secondary N) is 1. The fourth-order valence-electron chi connectivity index (χ4n) is 3.36. The van der Waals surface area contributed by atoms with E-state index < -0.39 is 34.5 Å². The molecular weight excluding hydrogens is 335 g/mol. The van der Waals surface area contributed by atoms with E-state index in [2.05, 4.69) is 5.32 Å². The van der Waals surface area contributed by atoms with Crippen molar-refractivity contribution in [3.05, 3.63) is 41.2 Å². The number of carbonyl (C=O) groups excluding carboxylic acids is 2. The summed E-state index contributed by atoms with van der Waals surface area (Å²) in [5.74, 6) is -2.39. The predicted octanol–water partition coefficient (Wildman–Crippen LogP) is 3.91. The third-order valence-electron chi connectivity index (χ3n) is 4.54. The van der Waals surface area contributed by atoms with Gasteiger partial charge in [-0.1, -0.05) is 31.5 Å². The molecule has 134 valence electrons. The van der Waals surface area contributed by atoms with E-state index in [9.17, 15) is 22.8 Å². The van der Waals surface area contributed by atoms with Gasteiger partial charge >= 0.3 is 12.1 Å². The number of rotatable bonds is 2. The number of benzene rings is 1. The van der Waals surface area contributed by atoms with Crippen molar-refractivity contribution in [1.29, 1.82) is 0 Å². The first kappa shape index (κ1) is 17.5. The normalized spacial score (nSPS) is 25.7. The summed E-state index contributed by atoms with van der Waals surface area (Å²) in [5, 5.41) is 2.25. The Balaban J connectivity index is 2.15. The maximum absolute atomic E-state index is 14.0. The number of esters is 1. The predicted molar refractivity (Wildman–Crippen MR) is 84.7 cm³/mol. The highest BCUT2D eigenvalue weighted by molar-refractivity contribution is 6.11. The highest BCUT2D eigenvalue weighted by Gasteiger charge is 2.71. The van der Waals surface area contributed by atoms with Crippen LogP contribution in [0.5, 0.6) is 0 Å². The van der Waals surface area contributed by atoms with Gasteiger partial charge in [0.05, 0.1) is 5.57 Å². The van der Waals surface area contributed by atoms with E-state index in [1.165, 1.54) is 12.1 Å². The molecule has 0 spiro atoms. The van der Waals surface area contributed by atoms with Gasteiger partial charge in [-0.3, -0.25) is 4.79 Å². The lowest BCUT2D eigenvalue weighted by Gasteiger charge is -2.34. The topological polar surface area (TPSA) is 55.4 Å². The van der Waals surface area contributed by atoms with Crippen molar-refractivity contribution in [3.63, 3.8) is 0 Å². The zero-order chi connectivity index (χ0) is 18.6. The van der Waals surface area contributed by atoms with E-state index in [4.69, 9.17) is 4.74 Å². The van der Waals surface area contributed by atoms with Crippen LogP contribution in [0.25, 0.3) is 0 Å². The number of Topliss-reactive ketones (excluding diaryl/α,β-unsaturated/α-hetero) is 1. The molecule has 1 aliphatic carbocycles. The van der Waals surface area contributed by atoms with Crippen molar-refractivity contribution >= 4 is 17.4 Å². The van der Waals surface area contributed by atoms with Crippen LogP contribution in [0.4, 0.5) is 18.9 Å². The lowest BCUT2D eigenvalue weighted by molar-refractivity contribution is -0.185. The molecule has 1 aliphatic heterocycles. The van der Waals surface area contributed by atoms with Crippen molar-refractivity contribution < 1.29 is 27.5 Å². The first-order valence-electron chi connectivity index (χ1n) is 7.87. The second-order valence-electron chi connectivity index (χ2n) is 7.37. The van der Waals surface area contributed by atoms with Gasteiger partial charge in [0.1, 0.15) is 5.76 Å². The van der Waals surface area contributed by atoms with E-state index in [0.717, 1.165) is 5.56 Å². The summed E-state index contributed by atoms with van der Waals surface area (Å²) < 4.78 is 47.0. The first-order valence-corrected chi connectivity index (χ1v) is 7.87. The number of ketones is 1. The molecule has 0 radical (unpaired) electrons. The van der Waals surface area contributed by atoms with Crippen LogP contribution in [0.3, 0.4) is 0 Å². The zero-order valence-corrected chi connectivity index (χ0v) is 14.1. The van der Waals surface area contributed by atoms with Gasteiger partial charge in [0.25, 0.3) is 5.54 Å². The summed E-state index contributed by atoms with van der Waals surface area (Å²) in [7, 11) is 0. The second-order valence-corrected chi connectivity index (χ2v) is 7.37. The first-order chi connectivity index (χ1) is 11.5. The summed E-state index contributed by atoms with van der Waals surface area (Å²) in [5.41, 5.74) is -3.38. The Morgan fingerprint density at radius 1 is 1.08 bits per heavy atom. The van der Waals surface area contributed by atoms with Crippen LogP contribution in [-0.4, -0.2) is 23.5 Å². The van der Waals surface area contributed by atoms with Crippen LogP contribution in [0.1, 0.15) is 32.3 Å². The molecular formula is C18H18F3NO3. The molecule has 1 aromatic rings. The number of ether oxygens (including phenoxy) is 1.